The van der Waals surface area contributed by atoms with Crippen LogP contribution in [0.2, 0.25) is 0 Å². The molecule has 0 aliphatic carbocycles. The predicted molar refractivity (Wildman–Crippen MR) is 105 cm³/mol. The number of primary amides is 1. The van der Waals surface area contributed by atoms with Crippen LogP contribution in [0.25, 0.3) is 0 Å². The fraction of sp³-hybridized carbons (Fsp3) is 0.300. The highest BCUT2D eigenvalue weighted by Crippen LogP contribution is 2.24. The van der Waals surface area contributed by atoms with Crippen molar-refractivity contribution in [2.45, 2.75) is 31.8 Å². The quantitative estimate of drug-likeness (QED) is 0.707. The molecule has 1 heterocycles. The number of amides is 2. The van der Waals surface area contributed by atoms with Crippen molar-refractivity contribution in [2.75, 3.05) is 12.3 Å². The first-order valence-corrected chi connectivity index (χ1v) is 9.50. The molecule has 0 atom stereocenters. The van der Waals surface area contributed by atoms with Crippen LogP contribution in [0.5, 0.6) is 0 Å². The van der Waals surface area contributed by atoms with Gasteiger partial charge in [0.25, 0.3) is 0 Å². The van der Waals surface area contributed by atoms with Crippen LogP contribution in [0.1, 0.15) is 28.8 Å². The molecule has 140 valence electrons. The lowest BCUT2D eigenvalue weighted by Crippen LogP contribution is -2.34. The third kappa shape index (κ3) is 6.12. The Morgan fingerprint density at radius 3 is 2.59 bits per heavy atom. The summed E-state index contributed by atoms with van der Waals surface area (Å²) in [5.74, 6) is -0.442. The number of aromatic nitrogens is 1. The fourth-order valence-electron chi connectivity index (χ4n) is 2.61. The van der Waals surface area contributed by atoms with E-state index in [-0.39, 0.29) is 24.6 Å². The van der Waals surface area contributed by atoms with Crippen LogP contribution in [0.4, 0.5) is 0 Å². The molecule has 27 heavy (non-hydrogen) atoms. The average Bonchev–Trinajstić information content (AvgIpc) is 2.63. The van der Waals surface area contributed by atoms with Crippen molar-refractivity contribution in [3.63, 3.8) is 0 Å². The first kappa shape index (κ1) is 20.5. The molecule has 0 fully saturated rings. The third-order valence-electron chi connectivity index (χ3n) is 3.95. The molecule has 0 saturated heterocycles. The molecular formula is C20H22N4O2S. The molecule has 0 radical (unpaired) electrons. The number of nitrogens with zero attached hydrogens (tertiary/aromatic N) is 3. The van der Waals surface area contributed by atoms with Gasteiger partial charge in [0, 0.05) is 25.2 Å². The number of aryl methyl sites for hydroxylation is 2. The first-order chi connectivity index (χ1) is 12.9. The number of thioether (sulfide) groups is 1. The van der Waals surface area contributed by atoms with E-state index in [1.165, 1.54) is 11.8 Å². The topological polar surface area (TPSA) is 100 Å². The Morgan fingerprint density at radius 1 is 1.26 bits per heavy atom. The summed E-state index contributed by atoms with van der Waals surface area (Å²) in [5.41, 5.74) is 8.35. The van der Waals surface area contributed by atoms with Crippen molar-refractivity contribution in [1.82, 2.24) is 9.88 Å². The van der Waals surface area contributed by atoms with Crippen molar-refractivity contribution in [3.05, 3.63) is 58.8 Å². The Kier molecular flexibility index (Phi) is 7.38. The number of hydrogen-bond acceptors (Lipinski definition) is 5. The summed E-state index contributed by atoms with van der Waals surface area (Å²) >= 11 is 1.24. The van der Waals surface area contributed by atoms with Crippen LogP contribution in [0.15, 0.2) is 41.4 Å². The van der Waals surface area contributed by atoms with Crippen LogP contribution in [0, 0.1) is 25.2 Å². The number of nitrogens with two attached hydrogens (primary N) is 1. The van der Waals surface area contributed by atoms with Gasteiger partial charge in [0.15, 0.2) is 0 Å². The number of nitriles is 1. The lowest BCUT2D eigenvalue weighted by atomic mass is 10.1. The molecule has 7 heteroatoms. The molecule has 2 aromatic rings. The lowest BCUT2D eigenvalue weighted by Gasteiger charge is -2.22. The minimum Gasteiger partial charge on any atom is -0.370 e. The molecular weight excluding hydrogens is 360 g/mol. The zero-order chi connectivity index (χ0) is 19.8. The van der Waals surface area contributed by atoms with Gasteiger partial charge in [-0.25, -0.2) is 4.98 Å². The summed E-state index contributed by atoms with van der Waals surface area (Å²) < 4.78 is 0. The molecule has 2 rings (SSSR count). The van der Waals surface area contributed by atoms with Gasteiger partial charge < -0.3 is 10.6 Å². The van der Waals surface area contributed by atoms with Crippen molar-refractivity contribution in [3.8, 4) is 6.07 Å². The second-order valence-electron chi connectivity index (χ2n) is 6.18. The number of benzene rings is 1. The van der Waals surface area contributed by atoms with E-state index in [2.05, 4.69) is 11.1 Å². The third-order valence-corrected chi connectivity index (χ3v) is 4.91. The van der Waals surface area contributed by atoms with Crippen LogP contribution in [0.3, 0.4) is 0 Å². The van der Waals surface area contributed by atoms with Gasteiger partial charge in [-0.05, 0) is 31.0 Å². The van der Waals surface area contributed by atoms with E-state index in [1.807, 2.05) is 50.2 Å². The van der Waals surface area contributed by atoms with E-state index >= 15 is 0 Å². The van der Waals surface area contributed by atoms with Crippen molar-refractivity contribution in [2.24, 2.45) is 5.73 Å². The summed E-state index contributed by atoms with van der Waals surface area (Å²) in [6, 6.07) is 13.6. The van der Waals surface area contributed by atoms with Gasteiger partial charge in [0.1, 0.15) is 11.1 Å². The smallest absolute Gasteiger partial charge is 0.233 e. The summed E-state index contributed by atoms with van der Waals surface area (Å²) in [4.78, 5) is 29.9. The fourth-order valence-corrected chi connectivity index (χ4v) is 3.61. The van der Waals surface area contributed by atoms with Gasteiger partial charge in [0.05, 0.1) is 11.3 Å². The minimum absolute atomic E-state index is 0.106. The van der Waals surface area contributed by atoms with Gasteiger partial charge in [-0.1, -0.05) is 42.1 Å². The van der Waals surface area contributed by atoms with E-state index in [0.717, 1.165) is 16.8 Å². The molecule has 0 aliphatic rings. The number of carbonyl (C=O) groups excluding carboxylic acids is 2. The van der Waals surface area contributed by atoms with Crippen LogP contribution < -0.4 is 5.73 Å². The van der Waals surface area contributed by atoms with Gasteiger partial charge in [-0.2, -0.15) is 5.26 Å². The minimum atomic E-state index is -0.448. The molecule has 0 spiro atoms. The van der Waals surface area contributed by atoms with Crippen molar-refractivity contribution >= 4 is 23.6 Å². The Hall–Kier alpha value is -2.85. The number of pyridine rings is 1. The van der Waals surface area contributed by atoms with Gasteiger partial charge in [0.2, 0.25) is 11.8 Å². The highest BCUT2D eigenvalue weighted by atomic mass is 32.2. The molecule has 6 nitrogen and oxygen atoms in total. The normalized spacial score (nSPS) is 10.3. The predicted octanol–water partition coefficient (Wildman–Crippen LogP) is 2.57. The number of carbonyl (C=O) groups is 2. The van der Waals surface area contributed by atoms with E-state index in [1.54, 1.807) is 4.90 Å². The van der Waals surface area contributed by atoms with E-state index in [4.69, 9.17) is 5.73 Å². The highest BCUT2D eigenvalue weighted by Gasteiger charge is 2.17. The molecule has 2 N–H and O–H groups in total. The Labute approximate surface area is 163 Å². The molecule has 2 amide bonds. The van der Waals surface area contributed by atoms with E-state index < -0.39 is 5.91 Å². The molecule has 0 bridgehead atoms. The number of hydrogen-bond donors (Lipinski definition) is 1. The van der Waals surface area contributed by atoms with Crippen LogP contribution >= 0.6 is 11.8 Å². The average molecular weight is 382 g/mol. The van der Waals surface area contributed by atoms with Gasteiger partial charge in [-0.15, -0.1) is 0 Å². The van der Waals surface area contributed by atoms with Crippen molar-refractivity contribution in [1.29, 1.82) is 5.26 Å². The molecule has 1 aromatic heterocycles. The Bertz CT molecular complexity index is 862. The maximum atomic E-state index is 12.7. The van der Waals surface area contributed by atoms with Crippen molar-refractivity contribution < 1.29 is 9.59 Å². The molecule has 1 aromatic carbocycles. The summed E-state index contributed by atoms with van der Waals surface area (Å²) in [7, 11) is 0. The summed E-state index contributed by atoms with van der Waals surface area (Å²) in [6.45, 7) is 4.37. The second-order valence-corrected chi connectivity index (χ2v) is 7.14. The second kappa shape index (κ2) is 9.74. The van der Waals surface area contributed by atoms with E-state index in [0.29, 0.717) is 17.1 Å². The number of rotatable bonds is 8. The van der Waals surface area contributed by atoms with Gasteiger partial charge >= 0.3 is 0 Å². The maximum Gasteiger partial charge on any atom is 0.233 e. The van der Waals surface area contributed by atoms with Crippen LogP contribution in [-0.4, -0.2) is 34.0 Å². The highest BCUT2D eigenvalue weighted by molar-refractivity contribution is 8.00. The molecule has 0 unspecified atom stereocenters. The monoisotopic (exact) mass is 382 g/mol. The Morgan fingerprint density at radius 2 is 1.96 bits per heavy atom. The zero-order valence-electron chi connectivity index (χ0n) is 15.4. The summed E-state index contributed by atoms with van der Waals surface area (Å²) in [6.07, 6.45) is 0.106. The standard InChI is InChI=1S/C20H22N4O2S/c1-14-10-15(2)23-20(17(14)11-21)27-13-19(26)24(9-8-18(22)25)12-16-6-4-3-5-7-16/h3-7,10H,8-9,12-13H2,1-2H3,(H2,22,25). The first-order valence-electron chi connectivity index (χ1n) is 8.52. The summed E-state index contributed by atoms with van der Waals surface area (Å²) in [5, 5.41) is 9.91. The van der Waals surface area contributed by atoms with E-state index in [9.17, 15) is 14.9 Å². The zero-order valence-corrected chi connectivity index (χ0v) is 16.3. The lowest BCUT2D eigenvalue weighted by molar-refractivity contribution is -0.129. The molecule has 0 saturated carbocycles. The largest absolute Gasteiger partial charge is 0.370 e. The maximum absolute atomic E-state index is 12.7. The SMILES string of the molecule is Cc1cc(C)c(C#N)c(SCC(=O)N(CCC(N)=O)Cc2ccccc2)n1. The van der Waals surface area contributed by atoms with Gasteiger partial charge in [-0.3, -0.25) is 9.59 Å². The Balaban J connectivity index is 2.11. The molecule has 0 aliphatic heterocycles. The van der Waals surface area contributed by atoms with Crippen LogP contribution in [-0.2, 0) is 16.1 Å².